The van der Waals surface area contributed by atoms with Gasteiger partial charge in [-0.2, -0.15) is 0 Å². The van der Waals surface area contributed by atoms with Crippen molar-refractivity contribution >= 4 is 5.90 Å². The van der Waals surface area contributed by atoms with E-state index in [0.717, 1.165) is 25.0 Å². The van der Waals surface area contributed by atoms with Crippen molar-refractivity contribution in [3.63, 3.8) is 0 Å². The molecule has 0 fully saturated rings. The Morgan fingerprint density at radius 1 is 1.71 bits per heavy atom. The highest BCUT2D eigenvalue weighted by molar-refractivity contribution is 5.78. The molecule has 1 aliphatic rings. The first-order valence-electron chi connectivity index (χ1n) is 5.04. The fraction of sp³-hybridized carbons (Fsp3) is 0.545. The fourth-order valence-corrected chi connectivity index (χ4v) is 1.28. The van der Waals surface area contributed by atoms with E-state index in [1.54, 1.807) is 0 Å². The maximum atomic E-state index is 9.45. The van der Waals surface area contributed by atoms with Gasteiger partial charge in [0.25, 0.3) is 0 Å². The normalized spacial score (nSPS) is 17.4. The minimum Gasteiger partial charge on any atom is -0.445 e. The van der Waals surface area contributed by atoms with E-state index in [0.29, 0.717) is 6.42 Å². The molecule has 0 heterocycles. The van der Waals surface area contributed by atoms with E-state index in [9.17, 15) is 5.11 Å². The number of aliphatic hydroxyl groups excluding tert-OH is 1. The fourth-order valence-electron chi connectivity index (χ4n) is 1.28. The second-order valence-corrected chi connectivity index (χ2v) is 3.37. The quantitative estimate of drug-likeness (QED) is 0.534. The summed E-state index contributed by atoms with van der Waals surface area (Å²) in [6.07, 6.45) is 8.26. The molecule has 1 unspecified atom stereocenters. The van der Waals surface area contributed by atoms with Crippen LogP contribution in [0.5, 0.6) is 0 Å². The molecule has 1 atom stereocenters. The molecule has 1 rings (SSSR count). The summed E-state index contributed by atoms with van der Waals surface area (Å²) >= 11 is 0. The highest BCUT2D eigenvalue weighted by atomic mass is 16.5. The Balaban J connectivity index is 2.39. The highest BCUT2D eigenvalue weighted by Gasteiger charge is 2.13. The van der Waals surface area contributed by atoms with Crippen LogP contribution in [-0.2, 0) is 4.74 Å². The van der Waals surface area contributed by atoms with Gasteiger partial charge in [0.05, 0.1) is 0 Å². The molecule has 0 aromatic heterocycles. The van der Waals surface area contributed by atoms with E-state index in [1.165, 1.54) is 0 Å². The standard InChI is InChI=1S/C11H17NO2/c1-2-6-10(13)11(12)14-9-7-4-3-5-8-9/h3-4,7,10,12-13H,2,5-6,8H2,1H3. The molecule has 14 heavy (non-hydrogen) atoms. The monoisotopic (exact) mass is 195 g/mol. The molecule has 0 amide bonds. The molecule has 1 aliphatic carbocycles. The van der Waals surface area contributed by atoms with Crippen LogP contribution >= 0.6 is 0 Å². The molecule has 0 saturated heterocycles. The first-order chi connectivity index (χ1) is 6.74. The SMILES string of the molecule is CCCC(O)C(=N)OC1=CC=CCC1. The van der Waals surface area contributed by atoms with Gasteiger partial charge in [0, 0.05) is 6.42 Å². The van der Waals surface area contributed by atoms with Crippen LogP contribution < -0.4 is 0 Å². The number of ether oxygens (including phenoxy) is 1. The van der Waals surface area contributed by atoms with Crippen LogP contribution in [-0.4, -0.2) is 17.1 Å². The maximum Gasteiger partial charge on any atom is 0.215 e. The van der Waals surface area contributed by atoms with E-state index in [1.807, 2.05) is 19.1 Å². The van der Waals surface area contributed by atoms with Gasteiger partial charge < -0.3 is 9.84 Å². The van der Waals surface area contributed by atoms with Crippen molar-refractivity contribution in [3.05, 3.63) is 24.0 Å². The van der Waals surface area contributed by atoms with Gasteiger partial charge in [-0.25, -0.2) is 0 Å². The molecular weight excluding hydrogens is 178 g/mol. The molecule has 0 aromatic rings. The molecule has 0 radical (unpaired) electrons. The summed E-state index contributed by atoms with van der Waals surface area (Å²) in [5.74, 6) is 0.737. The Morgan fingerprint density at radius 2 is 2.50 bits per heavy atom. The lowest BCUT2D eigenvalue weighted by molar-refractivity contribution is 0.192. The molecule has 0 spiro atoms. The number of rotatable bonds is 4. The lowest BCUT2D eigenvalue weighted by Gasteiger charge is -2.15. The Hall–Kier alpha value is -1.09. The molecule has 0 aliphatic heterocycles. The lowest BCUT2D eigenvalue weighted by atomic mass is 10.1. The van der Waals surface area contributed by atoms with Gasteiger partial charge in [-0.05, 0) is 18.9 Å². The molecule has 3 heteroatoms. The topological polar surface area (TPSA) is 53.3 Å². The zero-order valence-corrected chi connectivity index (χ0v) is 8.49. The second kappa shape index (κ2) is 5.60. The first kappa shape index (κ1) is 11.0. The summed E-state index contributed by atoms with van der Waals surface area (Å²) in [5.41, 5.74) is 0. The van der Waals surface area contributed by atoms with E-state index in [4.69, 9.17) is 10.1 Å². The third kappa shape index (κ3) is 3.34. The number of hydrogen-bond acceptors (Lipinski definition) is 3. The zero-order valence-electron chi connectivity index (χ0n) is 8.49. The second-order valence-electron chi connectivity index (χ2n) is 3.37. The van der Waals surface area contributed by atoms with Crippen LogP contribution in [0.4, 0.5) is 0 Å². The predicted molar refractivity (Wildman–Crippen MR) is 56.2 cm³/mol. The van der Waals surface area contributed by atoms with Gasteiger partial charge >= 0.3 is 0 Å². The average Bonchev–Trinajstić information content (AvgIpc) is 2.19. The van der Waals surface area contributed by atoms with Crippen molar-refractivity contribution in [2.24, 2.45) is 0 Å². The number of aliphatic hydroxyl groups is 1. The van der Waals surface area contributed by atoms with Crippen molar-refractivity contribution < 1.29 is 9.84 Å². The highest BCUT2D eigenvalue weighted by Crippen LogP contribution is 2.14. The summed E-state index contributed by atoms with van der Waals surface area (Å²) in [6.45, 7) is 1.97. The minimum atomic E-state index is -0.758. The first-order valence-corrected chi connectivity index (χ1v) is 5.04. The molecule has 78 valence electrons. The van der Waals surface area contributed by atoms with Crippen molar-refractivity contribution in [1.82, 2.24) is 0 Å². The van der Waals surface area contributed by atoms with Gasteiger partial charge in [0.1, 0.15) is 11.9 Å². The Labute approximate surface area is 84.6 Å². The molecule has 0 bridgehead atoms. The van der Waals surface area contributed by atoms with E-state index in [2.05, 4.69) is 6.08 Å². The number of nitrogens with one attached hydrogen (secondary N) is 1. The summed E-state index contributed by atoms with van der Waals surface area (Å²) in [4.78, 5) is 0. The summed E-state index contributed by atoms with van der Waals surface area (Å²) in [7, 11) is 0. The van der Waals surface area contributed by atoms with Crippen molar-refractivity contribution in [1.29, 1.82) is 5.41 Å². The lowest BCUT2D eigenvalue weighted by Crippen LogP contribution is -2.22. The Morgan fingerprint density at radius 3 is 3.07 bits per heavy atom. The molecular formula is C11H17NO2. The Kier molecular flexibility index (Phi) is 4.40. The van der Waals surface area contributed by atoms with Gasteiger partial charge in [-0.15, -0.1) is 0 Å². The largest absolute Gasteiger partial charge is 0.445 e. The third-order valence-corrected chi connectivity index (χ3v) is 2.08. The molecule has 0 saturated carbocycles. The number of allylic oxidation sites excluding steroid dienone is 4. The van der Waals surface area contributed by atoms with Crippen molar-refractivity contribution in [3.8, 4) is 0 Å². The third-order valence-electron chi connectivity index (χ3n) is 2.08. The summed E-state index contributed by atoms with van der Waals surface area (Å²) < 4.78 is 5.25. The smallest absolute Gasteiger partial charge is 0.215 e. The zero-order chi connectivity index (χ0) is 10.4. The average molecular weight is 195 g/mol. The minimum absolute atomic E-state index is 0.0339. The van der Waals surface area contributed by atoms with Gasteiger partial charge in [-0.3, -0.25) is 5.41 Å². The Bertz CT molecular complexity index is 256. The predicted octanol–water partition coefficient (Wildman–Crippen LogP) is 2.38. The van der Waals surface area contributed by atoms with Crippen LogP contribution in [0, 0.1) is 5.41 Å². The molecule has 2 N–H and O–H groups in total. The van der Waals surface area contributed by atoms with E-state index >= 15 is 0 Å². The van der Waals surface area contributed by atoms with Gasteiger partial charge in [-0.1, -0.05) is 25.5 Å². The summed E-state index contributed by atoms with van der Waals surface area (Å²) in [6, 6.07) is 0. The van der Waals surface area contributed by atoms with Crippen LogP contribution in [0.1, 0.15) is 32.6 Å². The number of hydrogen-bond donors (Lipinski definition) is 2. The van der Waals surface area contributed by atoms with Crippen molar-refractivity contribution in [2.75, 3.05) is 0 Å². The summed E-state index contributed by atoms with van der Waals surface area (Å²) in [5, 5.41) is 17.0. The van der Waals surface area contributed by atoms with Crippen LogP contribution in [0.3, 0.4) is 0 Å². The van der Waals surface area contributed by atoms with Crippen molar-refractivity contribution in [2.45, 2.75) is 38.7 Å². The van der Waals surface area contributed by atoms with Crippen LogP contribution in [0.2, 0.25) is 0 Å². The molecule has 0 aromatic carbocycles. The van der Waals surface area contributed by atoms with E-state index in [-0.39, 0.29) is 5.90 Å². The van der Waals surface area contributed by atoms with E-state index < -0.39 is 6.10 Å². The van der Waals surface area contributed by atoms with Crippen LogP contribution in [0.15, 0.2) is 24.0 Å². The van der Waals surface area contributed by atoms with Gasteiger partial charge in [0.15, 0.2) is 0 Å². The maximum absolute atomic E-state index is 9.45. The van der Waals surface area contributed by atoms with Gasteiger partial charge in [0.2, 0.25) is 5.90 Å². The molecule has 3 nitrogen and oxygen atoms in total. The van der Waals surface area contributed by atoms with Crippen LogP contribution in [0.25, 0.3) is 0 Å².